The van der Waals surface area contributed by atoms with Crippen molar-refractivity contribution in [3.05, 3.63) is 35.9 Å². The van der Waals surface area contributed by atoms with E-state index >= 15 is 0 Å². The molecule has 0 aliphatic carbocycles. The van der Waals surface area contributed by atoms with E-state index < -0.39 is 49.8 Å². The molecule has 2 saturated heterocycles. The lowest BCUT2D eigenvalue weighted by Crippen LogP contribution is -2.64. The molecule has 0 spiro atoms. The maximum absolute atomic E-state index is 13.4. The molecule has 1 amide bonds. The molecule has 0 unspecified atom stereocenters. The number of rotatable bonds is 21. The van der Waals surface area contributed by atoms with Gasteiger partial charge in [0.05, 0.1) is 4.75 Å². The van der Waals surface area contributed by atoms with Crippen LogP contribution in [-0.2, 0) is 40.3 Å². The molecule has 2 heterocycles. The van der Waals surface area contributed by atoms with Crippen LogP contribution >= 0.6 is 0 Å². The molecule has 3 rings (SSSR count). The van der Waals surface area contributed by atoms with Crippen molar-refractivity contribution in [1.82, 2.24) is 4.90 Å². The standard InChI is InChI=1S/C34H53NO7S/c1-4-5-6-7-8-9-10-11-12-13-14-15-16-17-21-24-29(36)41-26-28-31(37)35-30(34(2,3)43(39,40)32(28)35)33(38)42-25-27-22-19-18-20-23-27/h18-20,22-23,28,30,32H,4-17,21,24-26H2,1-3H3/t28-,30-,32+/m0/s1. The minimum Gasteiger partial charge on any atom is -0.465 e. The number of carbonyl (C=O) groups excluding carboxylic acids is 3. The van der Waals surface area contributed by atoms with Gasteiger partial charge >= 0.3 is 11.9 Å². The van der Waals surface area contributed by atoms with E-state index in [9.17, 15) is 22.8 Å². The maximum atomic E-state index is 13.4. The van der Waals surface area contributed by atoms with E-state index in [1.807, 2.05) is 18.2 Å². The highest BCUT2D eigenvalue weighted by Crippen LogP contribution is 2.49. The van der Waals surface area contributed by atoms with Crippen LogP contribution in [0.5, 0.6) is 0 Å². The molecule has 1 aromatic rings. The Hall–Kier alpha value is -2.42. The molecule has 0 aromatic heterocycles. The second kappa shape index (κ2) is 17.2. The van der Waals surface area contributed by atoms with Crippen LogP contribution in [0.2, 0.25) is 0 Å². The molecule has 3 atom stereocenters. The number of unbranched alkanes of at least 4 members (excludes halogenated alkanes) is 14. The van der Waals surface area contributed by atoms with Crippen molar-refractivity contribution in [1.29, 1.82) is 0 Å². The highest BCUT2D eigenvalue weighted by Gasteiger charge is 2.72. The van der Waals surface area contributed by atoms with E-state index in [-0.39, 0.29) is 19.6 Å². The molecular formula is C34H53NO7S. The van der Waals surface area contributed by atoms with Gasteiger partial charge in [-0.15, -0.1) is 0 Å². The summed E-state index contributed by atoms with van der Waals surface area (Å²) in [7, 11) is -3.90. The molecule has 43 heavy (non-hydrogen) atoms. The lowest BCUT2D eigenvalue weighted by atomic mass is 9.92. The first-order valence-corrected chi connectivity index (χ1v) is 18.1. The Morgan fingerprint density at radius 1 is 0.791 bits per heavy atom. The summed E-state index contributed by atoms with van der Waals surface area (Å²) in [6.45, 7) is 4.84. The topological polar surface area (TPSA) is 107 Å². The summed E-state index contributed by atoms with van der Waals surface area (Å²) in [5.74, 6) is -2.67. The van der Waals surface area contributed by atoms with Crippen LogP contribution in [0.25, 0.3) is 0 Å². The van der Waals surface area contributed by atoms with E-state index in [4.69, 9.17) is 9.47 Å². The average molecular weight is 620 g/mol. The SMILES string of the molecule is CCCCCCCCCCCCCCCCCC(=O)OC[C@H]1C(=O)N2[C@@H](C(=O)OCc3ccccc3)C(C)(C)S(=O)(=O)[C@H]12. The highest BCUT2D eigenvalue weighted by molar-refractivity contribution is 7.93. The molecular weight excluding hydrogens is 566 g/mol. The average Bonchev–Trinajstić information content (AvgIpc) is 3.13. The summed E-state index contributed by atoms with van der Waals surface area (Å²) in [5.41, 5.74) is 0.764. The number of β-lactam (4-membered cyclic amide) rings is 1. The molecule has 8 nitrogen and oxygen atoms in total. The third kappa shape index (κ3) is 9.29. The van der Waals surface area contributed by atoms with E-state index in [1.165, 1.54) is 90.9 Å². The number of benzene rings is 1. The second-order valence-corrected chi connectivity index (χ2v) is 15.4. The number of ether oxygens (including phenoxy) is 2. The van der Waals surface area contributed by atoms with Crippen molar-refractivity contribution in [3.8, 4) is 0 Å². The predicted molar refractivity (Wildman–Crippen MR) is 168 cm³/mol. The number of hydrogen-bond donors (Lipinski definition) is 0. The third-order valence-electron chi connectivity index (χ3n) is 9.03. The summed E-state index contributed by atoms with van der Waals surface area (Å²) < 4.78 is 35.9. The van der Waals surface area contributed by atoms with Gasteiger partial charge in [-0.1, -0.05) is 127 Å². The number of amides is 1. The van der Waals surface area contributed by atoms with Crippen LogP contribution in [0.1, 0.15) is 129 Å². The van der Waals surface area contributed by atoms with Gasteiger partial charge in [-0.25, -0.2) is 13.2 Å². The van der Waals surface area contributed by atoms with Crippen LogP contribution in [0.15, 0.2) is 30.3 Å². The summed E-state index contributed by atoms with van der Waals surface area (Å²) in [6.07, 6.45) is 18.8. The lowest BCUT2D eigenvalue weighted by Gasteiger charge is -2.42. The molecule has 242 valence electrons. The van der Waals surface area contributed by atoms with Crippen molar-refractivity contribution < 1.29 is 32.3 Å². The van der Waals surface area contributed by atoms with Gasteiger partial charge in [0, 0.05) is 6.42 Å². The lowest BCUT2D eigenvalue weighted by molar-refractivity contribution is -0.171. The fourth-order valence-corrected chi connectivity index (χ4v) is 8.54. The summed E-state index contributed by atoms with van der Waals surface area (Å²) in [6, 6.07) is 7.82. The Labute approximate surface area is 259 Å². The van der Waals surface area contributed by atoms with Gasteiger partial charge in [-0.05, 0) is 25.8 Å². The molecule has 0 saturated carbocycles. The van der Waals surface area contributed by atoms with Crippen molar-refractivity contribution in [2.24, 2.45) is 5.92 Å². The Kier molecular flexibility index (Phi) is 14.0. The molecule has 0 N–H and O–H groups in total. The summed E-state index contributed by atoms with van der Waals surface area (Å²) >= 11 is 0. The Morgan fingerprint density at radius 3 is 1.84 bits per heavy atom. The van der Waals surface area contributed by atoms with Crippen molar-refractivity contribution in [2.45, 2.75) is 146 Å². The van der Waals surface area contributed by atoms with Crippen molar-refractivity contribution in [3.63, 3.8) is 0 Å². The summed E-state index contributed by atoms with van der Waals surface area (Å²) in [5, 5.41) is -1.19. The van der Waals surface area contributed by atoms with Crippen LogP contribution in [0.3, 0.4) is 0 Å². The minimum atomic E-state index is -3.90. The molecule has 2 fully saturated rings. The molecule has 0 bridgehead atoms. The first-order chi connectivity index (χ1) is 20.6. The third-order valence-corrected chi connectivity index (χ3v) is 11.9. The van der Waals surface area contributed by atoms with Crippen LogP contribution in [0.4, 0.5) is 0 Å². The second-order valence-electron chi connectivity index (χ2n) is 12.8. The molecule has 0 radical (unpaired) electrons. The normalized spacial score (nSPS) is 21.7. The van der Waals surface area contributed by atoms with Crippen LogP contribution in [-0.4, -0.2) is 53.9 Å². The molecule has 9 heteroatoms. The van der Waals surface area contributed by atoms with E-state index in [2.05, 4.69) is 6.92 Å². The number of esters is 2. The highest BCUT2D eigenvalue weighted by atomic mass is 32.2. The Morgan fingerprint density at radius 2 is 1.30 bits per heavy atom. The van der Waals surface area contributed by atoms with Gasteiger partial charge in [0.25, 0.3) is 0 Å². The van der Waals surface area contributed by atoms with Gasteiger partial charge in [-0.3, -0.25) is 9.59 Å². The van der Waals surface area contributed by atoms with Crippen molar-refractivity contribution in [2.75, 3.05) is 6.61 Å². The first kappa shape index (κ1) is 35.1. The maximum Gasteiger partial charge on any atom is 0.330 e. The van der Waals surface area contributed by atoms with Crippen LogP contribution in [0, 0.1) is 5.92 Å². The Bertz CT molecular complexity index is 1130. The fraction of sp³-hybridized carbons (Fsp3) is 0.735. The van der Waals surface area contributed by atoms with E-state index in [0.29, 0.717) is 6.42 Å². The van der Waals surface area contributed by atoms with Gasteiger partial charge in [0.2, 0.25) is 5.91 Å². The van der Waals surface area contributed by atoms with Crippen molar-refractivity contribution >= 4 is 27.7 Å². The molecule has 1 aromatic carbocycles. The first-order valence-electron chi connectivity index (χ1n) is 16.5. The quantitative estimate of drug-likeness (QED) is 0.0837. The predicted octanol–water partition coefficient (Wildman–Crippen LogP) is 6.89. The zero-order valence-electron chi connectivity index (χ0n) is 26.6. The molecule has 2 aliphatic heterocycles. The fourth-order valence-electron chi connectivity index (χ4n) is 6.25. The number of fused-ring (bicyclic) bond motifs is 1. The number of carbonyl (C=O) groups is 3. The van der Waals surface area contributed by atoms with Crippen LogP contribution < -0.4 is 0 Å². The Balaban J connectivity index is 1.29. The van der Waals surface area contributed by atoms with Gasteiger partial charge in [0.15, 0.2) is 15.2 Å². The number of hydrogen-bond acceptors (Lipinski definition) is 7. The largest absolute Gasteiger partial charge is 0.465 e. The zero-order valence-corrected chi connectivity index (χ0v) is 27.4. The van der Waals surface area contributed by atoms with Gasteiger partial charge in [0.1, 0.15) is 25.2 Å². The van der Waals surface area contributed by atoms with Gasteiger partial charge in [-0.2, -0.15) is 0 Å². The van der Waals surface area contributed by atoms with E-state index in [1.54, 1.807) is 12.1 Å². The zero-order chi connectivity index (χ0) is 31.3. The number of nitrogens with zero attached hydrogens (tertiary/aromatic N) is 1. The monoisotopic (exact) mass is 619 g/mol. The summed E-state index contributed by atoms with van der Waals surface area (Å²) in [4.78, 5) is 39.4. The minimum absolute atomic E-state index is 0.0145. The molecule has 2 aliphatic rings. The van der Waals surface area contributed by atoms with E-state index in [0.717, 1.165) is 23.3 Å². The van der Waals surface area contributed by atoms with Gasteiger partial charge < -0.3 is 14.4 Å². The number of sulfone groups is 1. The smallest absolute Gasteiger partial charge is 0.330 e.